The van der Waals surface area contributed by atoms with E-state index in [0.717, 1.165) is 10.5 Å². The van der Waals surface area contributed by atoms with Crippen molar-refractivity contribution in [2.45, 2.75) is 17.2 Å². The lowest BCUT2D eigenvalue weighted by atomic mass is 10.2. The maximum absolute atomic E-state index is 5.83. The third-order valence-corrected chi connectivity index (χ3v) is 1.90. The zero-order valence-electron chi connectivity index (χ0n) is 5.71. The SMILES string of the molecule is CC(Cl)c1ccc(S)cc1. The van der Waals surface area contributed by atoms with Crippen molar-refractivity contribution in [2.24, 2.45) is 0 Å². The monoisotopic (exact) mass is 172 g/mol. The van der Waals surface area contributed by atoms with Crippen LogP contribution in [0, 0.1) is 0 Å². The van der Waals surface area contributed by atoms with Gasteiger partial charge in [-0.15, -0.1) is 24.2 Å². The molecular weight excluding hydrogens is 164 g/mol. The van der Waals surface area contributed by atoms with Gasteiger partial charge in [0.1, 0.15) is 0 Å². The molecule has 0 spiro atoms. The fourth-order valence-corrected chi connectivity index (χ4v) is 1.03. The van der Waals surface area contributed by atoms with Crippen LogP contribution in [0.25, 0.3) is 0 Å². The van der Waals surface area contributed by atoms with Crippen LogP contribution in [0.1, 0.15) is 17.9 Å². The van der Waals surface area contributed by atoms with Gasteiger partial charge in [-0.25, -0.2) is 0 Å². The van der Waals surface area contributed by atoms with E-state index >= 15 is 0 Å². The molecule has 0 saturated carbocycles. The predicted molar refractivity (Wildman–Crippen MR) is 48.0 cm³/mol. The summed E-state index contributed by atoms with van der Waals surface area (Å²) in [5.41, 5.74) is 1.14. The third-order valence-electron chi connectivity index (χ3n) is 1.35. The van der Waals surface area contributed by atoms with Crippen LogP contribution >= 0.6 is 24.2 Å². The van der Waals surface area contributed by atoms with Crippen molar-refractivity contribution >= 4 is 24.2 Å². The summed E-state index contributed by atoms with van der Waals surface area (Å²) in [5.74, 6) is 0. The Labute approximate surface area is 71.6 Å². The molecule has 1 unspecified atom stereocenters. The van der Waals surface area contributed by atoms with E-state index in [9.17, 15) is 0 Å². The van der Waals surface area contributed by atoms with Gasteiger partial charge >= 0.3 is 0 Å². The van der Waals surface area contributed by atoms with E-state index in [1.165, 1.54) is 0 Å². The number of alkyl halides is 1. The summed E-state index contributed by atoms with van der Waals surface area (Å²) in [5, 5.41) is 0.0916. The van der Waals surface area contributed by atoms with Crippen LogP contribution < -0.4 is 0 Å². The molecule has 54 valence electrons. The van der Waals surface area contributed by atoms with Crippen LogP contribution in [0.2, 0.25) is 0 Å². The van der Waals surface area contributed by atoms with Crippen molar-refractivity contribution in [1.82, 2.24) is 0 Å². The van der Waals surface area contributed by atoms with Gasteiger partial charge in [-0.05, 0) is 24.6 Å². The molecule has 0 heterocycles. The number of rotatable bonds is 1. The molecule has 1 aromatic carbocycles. The molecule has 0 amide bonds. The molecule has 0 N–H and O–H groups in total. The molecule has 2 heteroatoms. The Balaban J connectivity index is 2.89. The van der Waals surface area contributed by atoms with Gasteiger partial charge in [0.05, 0.1) is 5.38 Å². The lowest BCUT2D eigenvalue weighted by Gasteiger charge is -2.01. The summed E-state index contributed by atoms with van der Waals surface area (Å²) in [6, 6.07) is 7.86. The van der Waals surface area contributed by atoms with E-state index < -0.39 is 0 Å². The average Bonchev–Trinajstić information content (AvgIpc) is 1.88. The number of hydrogen-bond acceptors (Lipinski definition) is 1. The van der Waals surface area contributed by atoms with E-state index in [1.54, 1.807) is 0 Å². The first-order valence-electron chi connectivity index (χ1n) is 3.13. The quantitative estimate of drug-likeness (QED) is 0.488. The van der Waals surface area contributed by atoms with Crippen LogP contribution in [-0.4, -0.2) is 0 Å². The van der Waals surface area contributed by atoms with E-state index in [2.05, 4.69) is 12.6 Å². The summed E-state index contributed by atoms with van der Waals surface area (Å²) in [7, 11) is 0. The molecule has 0 saturated heterocycles. The van der Waals surface area contributed by atoms with Crippen molar-refractivity contribution in [3.8, 4) is 0 Å². The molecule has 0 aliphatic carbocycles. The highest BCUT2D eigenvalue weighted by Crippen LogP contribution is 2.19. The van der Waals surface area contributed by atoms with Crippen LogP contribution in [0.3, 0.4) is 0 Å². The number of thiol groups is 1. The van der Waals surface area contributed by atoms with Crippen molar-refractivity contribution in [1.29, 1.82) is 0 Å². The Kier molecular flexibility index (Phi) is 2.64. The highest BCUT2D eigenvalue weighted by Gasteiger charge is 1.97. The molecule has 1 aromatic rings. The zero-order chi connectivity index (χ0) is 7.56. The van der Waals surface area contributed by atoms with Crippen LogP contribution in [0.15, 0.2) is 29.2 Å². The van der Waals surface area contributed by atoms with Crippen molar-refractivity contribution in [3.63, 3.8) is 0 Å². The van der Waals surface area contributed by atoms with Gasteiger partial charge in [-0.2, -0.15) is 0 Å². The smallest absolute Gasteiger partial charge is 0.0557 e. The van der Waals surface area contributed by atoms with Crippen LogP contribution in [0.5, 0.6) is 0 Å². The van der Waals surface area contributed by atoms with Gasteiger partial charge in [0.25, 0.3) is 0 Å². The Morgan fingerprint density at radius 3 is 2.20 bits per heavy atom. The minimum atomic E-state index is 0.0916. The van der Waals surface area contributed by atoms with Gasteiger partial charge in [-0.3, -0.25) is 0 Å². The molecule has 0 aliphatic heterocycles. The summed E-state index contributed by atoms with van der Waals surface area (Å²) >= 11 is 9.99. The van der Waals surface area contributed by atoms with Crippen molar-refractivity contribution < 1.29 is 0 Å². The van der Waals surface area contributed by atoms with E-state index in [1.807, 2.05) is 31.2 Å². The lowest BCUT2D eigenvalue weighted by molar-refractivity contribution is 1.08. The normalized spacial score (nSPS) is 13.1. The molecule has 0 radical (unpaired) electrons. The fourth-order valence-electron chi connectivity index (χ4n) is 0.740. The first-order valence-corrected chi connectivity index (χ1v) is 4.01. The van der Waals surface area contributed by atoms with E-state index in [0.29, 0.717) is 0 Å². The van der Waals surface area contributed by atoms with E-state index in [4.69, 9.17) is 11.6 Å². The lowest BCUT2D eigenvalue weighted by Crippen LogP contribution is -1.81. The number of halogens is 1. The summed E-state index contributed by atoms with van der Waals surface area (Å²) < 4.78 is 0. The van der Waals surface area contributed by atoms with Crippen LogP contribution in [0.4, 0.5) is 0 Å². The van der Waals surface area contributed by atoms with Gasteiger partial charge < -0.3 is 0 Å². The molecule has 0 bridgehead atoms. The highest BCUT2D eigenvalue weighted by molar-refractivity contribution is 7.80. The first kappa shape index (κ1) is 7.96. The Bertz CT molecular complexity index is 203. The topological polar surface area (TPSA) is 0 Å². The maximum Gasteiger partial charge on any atom is 0.0557 e. The highest BCUT2D eigenvalue weighted by atomic mass is 35.5. The summed E-state index contributed by atoms with van der Waals surface area (Å²) in [4.78, 5) is 0.973. The Hall–Kier alpha value is -0.140. The van der Waals surface area contributed by atoms with Gasteiger partial charge in [-0.1, -0.05) is 12.1 Å². The standard InChI is InChI=1S/C8H9ClS/c1-6(9)7-2-4-8(10)5-3-7/h2-6,10H,1H3. The first-order chi connectivity index (χ1) is 4.70. The number of benzene rings is 1. The molecule has 0 fully saturated rings. The predicted octanol–water partition coefficient (Wildman–Crippen LogP) is 3.28. The van der Waals surface area contributed by atoms with Gasteiger partial charge in [0, 0.05) is 4.90 Å². The molecular formula is C8H9ClS. The van der Waals surface area contributed by atoms with Crippen LogP contribution in [-0.2, 0) is 0 Å². The minimum Gasteiger partial charge on any atom is -0.143 e. The van der Waals surface area contributed by atoms with Crippen molar-refractivity contribution in [2.75, 3.05) is 0 Å². The molecule has 1 atom stereocenters. The zero-order valence-corrected chi connectivity index (χ0v) is 7.36. The summed E-state index contributed by atoms with van der Waals surface area (Å²) in [6.45, 7) is 1.95. The summed E-state index contributed by atoms with van der Waals surface area (Å²) in [6.07, 6.45) is 0. The van der Waals surface area contributed by atoms with Gasteiger partial charge in [0.15, 0.2) is 0 Å². The fraction of sp³-hybridized carbons (Fsp3) is 0.250. The number of hydrogen-bond donors (Lipinski definition) is 1. The van der Waals surface area contributed by atoms with E-state index in [-0.39, 0.29) is 5.38 Å². The maximum atomic E-state index is 5.83. The second-order valence-corrected chi connectivity index (χ2v) is 3.38. The molecule has 1 rings (SSSR count). The van der Waals surface area contributed by atoms with Crippen molar-refractivity contribution in [3.05, 3.63) is 29.8 Å². The Morgan fingerprint density at radius 1 is 1.30 bits per heavy atom. The second-order valence-electron chi connectivity index (χ2n) is 2.21. The Morgan fingerprint density at radius 2 is 1.80 bits per heavy atom. The third kappa shape index (κ3) is 1.93. The van der Waals surface area contributed by atoms with Gasteiger partial charge in [0.2, 0.25) is 0 Å². The molecule has 0 aliphatic rings. The molecule has 0 nitrogen and oxygen atoms in total. The second kappa shape index (κ2) is 3.31. The average molecular weight is 173 g/mol. The molecule has 10 heavy (non-hydrogen) atoms. The molecule has 0 aromatic heterocycles. The largest absolute Gasteiger partial charge is 0.143 e. The minimum absolute atomic E-state index is 0.0916.